The summed E-state index contributed by atoms with van der Waals surface area (Å²) < 4.78 is 0. The summed E-state index contributed by atoms with van der Waals surface area (Å²) in [5.74, 6) is 0. The highest BCUT2D eigenvalue weighted by Gasteiger charge is 2.04. The lowest BCUT2D eigenvalue weighted by Crippen LogP contribution is -2.07. The molecule has 0 aliphatic carbocycles. The zero-order valence-corrected chi connectivity index (χ0v) is 17.4. The van der Waals surface area contributed by atoms with Crippen LogP contribution in [0, 0.1) is 0 Å². The Labute approximate surface area is 163 Å². The van der Waals surface area contributed by atoms with Gasteiger partial charge in [-0.25, -0.2) is 0 Å². The third-order valence-corrected chi connectivity index (χ3v) is 5.50. The van der Waals surface area contributed by atoms with Gasteiger partial charge in [-0.15, -0.1) is 0 Å². The third kappa shape index (κ3) is 14.4. The lowest BCUT2D eigenvalue weighted by Gasteiger charge is -2.10. The Bertz CT molecular complexity index is 386. The number of hydrogen-bond acceptors (Lipinski definition) is 1. The molecule has 150 valence electrons. The highest BCUT2D eigenvalue weighted by molar-refractivity contribution is 5.14. The monoisotopic (exact) mass is 360 g/mol. The van der Waals surface area contributed by atoms with Crippen LogP contribution in [-0.2, 0) is 6.42 Å². The van der Waals surface area contributed by atoms with E-state index in [1.165, 1.54) is 95.5 Å². The Morgan fingerprint density at radius 3 is 1.58 bits per heavy atom. The van der Waals surface area contributed by atoms with Crippen molar-refractivity contribution in [3.8, 4) is 0 Å². The maximum Gasteiger partial charge on any atom is 0.0543 e. The Morgan fingerprint density at radius 2 is 1.08 bits per heavy atom. The van der Waals surface area contributed by atoms with Gasteiger partial charge in [0, 0.05) is 0 Å². The summed E-state index contributed by atoms with van der Waals surface area (Å²) in [5, 5.41) is 10.1. The van der Waals surface area contributed by atoms with Crippen LogP contribution in [0.3, 0.4) is 0 Å². The summed E-state index contributed by atoms with van der Waals surface area (Å²) >= 11 is 0. The first-order valence-corrected chi connectivity index (χ1v) is 11.5. The second kappa shape index (κ2) is 17.6. The first-order chi connectivity index (χ1) is 12.8. The van der Waals surface area contributed by atoms with E-state index in [2.05, 4.69) is 37.3 Å². The average Bonchev–Trinajstić information content (AvgIpc) is 2.67. The maximum atomic E-state index is 10.1. The van der Waals surface area contributed by atoms with Crippen molar-refractivity contribution >= 4 is 0 Å². The highest BCUT2D eigenvalue weighted by Crippen LogP contribution is 2.15. The van der Waals surface area contributed by atoms with Gasteiger partial charge in [0.2, 0.25) is 0 Å². The average molecular weight is 361 g/mol. The number of aryl methyl sites for hydroxylation is 1. The van der Waals surface area contributed by atoms with Gasteiger partial charge in [-0.1, -0.05) is 127 Å². The number of aliphatic hydroxyl groups excluding tert-OH is 1. The van der Waals surface area contributed by atoms with Crippen molar-refractivity contribution in [1.29, 1.82) is 0 Å². The second-order valence-corrected chi connectivity index (χ2v) is 8.06. The van der Waals surface area contributed by atoms with Crippen LogP contribution in [0.2, 0.25) is 0 Å². The Balaban J connectivity index is 1.77. The van der Waals surface area contributed by atoms with Gasteiger partial charge in [-0.3, -0.25) is 0 Å². The molecule has 0 amide bonds. The van der Waals surface area contributed by atoms with Crippen molar-refractivity contribution < 1.29 is 5.11 Å². The number of rotatable bonds is 18. The molecule has 1 atom stereocenters. The van der Waals surface area contributed by atoms with Crippen molar-refractivity contribution in [3.05, 3.63) is 35.9 Å². The minimum absolute atomic E-state index is 0.118. The molecule has 0 bridgehead atoms. The van der Waals surface area contributed by atoms with Crippen LogP contribution in [0.25, 0.3) is 0 Å². The van der Waals surface area contributed by atoms with Crippen LogP contribution in [-0.4, -0.2) is 11.2 Å². The van der Waals surface area contributed by atoms with E-state index in [1.54, 1.807) is 0 Å². The van der Waals surface area contributed by atoms with E-state index in [1.807, 2.05) is 0 Å². The molecule has 0 aromatic heterocycles. The molecule has 1 N–H and O–H groups in total. The molecule has 1 aromatic rings. The number of unbranched alkanes of at least 4 members (excludes halogenated alkanes) is 13. The molecular weight excluding hydrogens is 316 g/mol. The van der Waals surface area contributed by atoms with E-state index in [-0.39, 0.29) is 6.10 Å². The molecule has 1 heteroatoms. The van der Waals surface area contributed by atoms with Gasteiger partial charge >= 0.3 is 0 Å². The van der Waals surface area contributed by atoms with E-state index in [0.29, 0.717) is 0 Å². The predicted molar refractivity (Wildman–Crippen MR) is 116 cm³/mol. The molecule has 0 saturated heterocycles. The van der Waals surface area contributed by atoms with Crippen LogP contribution < -0.4 is 0 Å². The van der Waals surface area contributed by atoms with Crippen molar-refractivity contribution in [3.63, 3.8) is 0 Å². The molecule has 1 aromatic carbocycles. The van der Waals surface area contributed by atoms with Crippen LogP contribution in [0.5, 0.6) is 0 Å². The molecule has 26 heavy (non-hydrogen) atoms. The summed E-state index contributed by atoms with van der Waals surface area (Å²) in [6, 6.07) is 10.5. The minimum Gasteiger partial charge on any atom is -0.393 e. The molecule has 1 nitrogen and oxygen atoms in total. The number of aliphatic hydroxyl groups is 1. The largest absolute Gasteiger partial charge is 0.393 e. The van der Waals surface area contributed by atoms with E-state index in [9.17, 15) is 5.11 Å². The van der Waals surface area contributed by atoms with E-state index in [0.717, 1.165) is 19.3 Å². The third-order valence-electron chi connectivity index (χ3n) is 5.50. The quantitative estimate of drug-likeness (QED) is 0.264. The van der Waals surface area contributed by atoms with E-state index >= 15 is 0 Å². The van der Waals surface area contributed by atoms with E-state index in [4.69, 9.17) is 0 Å². The minimum atomic E-state index is -0.118. The summed E-state index contributed by atoms with van der Waals surface area (Å²) in [5.41, 5.74) is 1.34. The normalized spacial score (nSPS) is 12.4. The molecule has 1 unspecified atom stereocenters. The first kappa shape index (κ1) is 23.2. The maximum absolute atomic E-state index is 10.1. The summed E-state index contributed by atoms with van der Waals surface area (Å²) in [4.78, 5) is 0. The fourth-order valence-corrected chi connectivity index (χ4v) is 3.70. The SMILES string of the molecule is CCCCCCCCCCCCCCCCC(O)CCc1ccccc1. The topological polar surface area (TPSA) is 20.2 Å². The Morgan fingerprint density at radius 1 is 0.615 bits per heavy atom. The Kier molecular flexibility index (Phi) is 15.7. The van der Waals surface area contributed by atoms with Gasteiger partial charge in [-0.05, 0) is 24.8 Å². The summed E-state index contributed by atoms with van der Waals surface area (Å²) in [6.07, 6.45) is 22.3. The molecule has 0 spiro atoms. The first-order valence-electron chi connectivity index (χ1n) is 11.5. The summed E-state index contributed by atoms with van der Waals surface area (Å²) in [6.45, 7) is 2.29. The van der Waals surface area contributed by atoms with Crippen molar-refractivity contribution in [2.75, 3.05) is 0 Å². The van der Waals surface area contributed by atoms with Crippen molar-refractivity contribution in [2.24, 2.45) is 0 Å². The molecule has 1 rings (SSSR count). The lowest BCUT2D eigenvalue weighted by molar-refractivity contribution is 0.151. The fraction of sp³-hybridized carbons (Fsp3) is 0.760. The molecular formula is C25H44O. The van der Waals surface area contributed by atoms with Gasteiger partial charge in [0.05, 0.1) is 6.10 Å². The molecule has 0 heterocycles. The molecule has 0 radical (unpaired) electrons. The number of benzene rings is 1. The molecule has 0 aliphatic heterocycles. The lowest BCUT2D eigenvalue weighted by atomic mass is 10.0. The van der Waals surface area contributed by atoms with Gasteiger partial charge < -0.3 is 5.11 Å². The predicted octanol–water partition coefficient (Wildman–Crippen LogP) is 7.85. The molecule has 0 aliphatic rings. The van der Waals surface area contributed by atoms with Crippen molar-refractivity contribution in [1.82, 2.24) is 0 Å². The van der Waals surface area contributed by atoms with E-state index < -0.39 is 0 Å². The zero-order valence-electron chi connectivity index (χ0n) is 17.4. The molecule has 0 fully saturated rings. The molecule has 0 saturated carbocycles. The smallest absolute Gasteiger partial charge is 0.0543 e. The fourth-order valence-electron chi connectivity index (χ4n) is 3.70. The van der Waals surface area contributed by atoms with Crippen LogP contribution in [0.15, 0.2) is 30.3 Å². The van der Waals surface area contributed by atoms with Crippen LogP contribution in [0.1, 0.15) is 115 Å². The van der Waals surface area contributed by atoms with Gasteiger partial charge in [0.25, 0.3) is 0 Å². The summed E-state index contributed by atoms with van der Waals surface area (Å²) in [7, 11) is 0. The Hall–Kier alpha value is -0.820. The van der Waals surface area contributed by atoms with Crippen LogP contribution >= 0.6 is 0 Å². The van der Waals surface area contributed by atoms with Gasteiger partial charge in [-0.2, -0.15) is 0 Å². The highest BCUT2D eigenvalue weighted by atomic mass is 16.3. The standard InChI is InChI=1S/C25H44O/c1-2-3-4-5-6-7-8-9-10-11-12-13-14-18-21-25(26)23-22-24-19-16-15-17-20-24/h15-17,19-20,25-26H,2-14,18,21-23H2,1H3. The van der Waals surface area contributed by atoms with Gasteiger partial charge in [0.1, 0.15) is 0 Å². The zero-order chi connectivity index (χ0) is 18.7. The van der Waals surface area contributed by atoms with Crippen molar-refractivity contribution in [2.45, 2.75) is 122 Å². The van der Waals surface area contributed by atoms with Gasteiger partial charge in [0.15, 0.2) is 0 Å². The van der Waals surface area contributed by atoms with Crippen LogP contribution in [0.4, 0.5) is 0 Å². The number of hydrogen-bond donors (Lipinski definition) is 1. The second-order valence-electron chi connectivity index (χ2n) is 8.06.